The fourth-order valence-corrected chi connectivity index (χ4v) is 0.997. The van der Waals surface area contributed by atoms with Crippen molar-refractivity contribution in [2.24, 2.45) is 5.41 Å². The molecule has 6 heteroatoms. The SMILES string of the molecule is CC(C)(CO)COB(O)c1ccc(C=O)o1. The number of furan rings is 1. The smallest absolute Gasteiger partial charge is 0.462 e. The van der Waals surface area contributed by atoms with Crippen LogP contribution in [0.3, 0.4) is 0 Å². The van der Waals surface area contributed by atoms with Crippen molar-refractivity contribution in [2.45, 2.75) is 13.8 Å². The van der Waals surface area contributed by atoms with Gasteiger partial charge in [0.25, 0.3) is 0 Å². The summed E-state index contributed by atoms with van der Waals surface area (Å²) < 4.78 is 10.1. The zero-order valence-corrected chi connectivity index (χ0v) is 9.34. The molecule has 2 N–H and O–H groups in total. The lowest BCUT2D eigenvalue weighted by molar-refractivity contribution is 0.0877. The van der Waals surface area contributed by atoms with Crippen LogP contribution in [0.4, 0.5) is 0 Å². The zero-order chi connectivity index (χ0) is 12.2. The van der Waals surface area contributed by atoms with Crippen molar-refractivity contribution in [1.82, 2.24) is 0 Å². The van der Waals surface area contributed by atoms with E-state index in [2.05, 4.69) is 0 Å². The van der Waals surface area contributed by atoms with Gasteiger partial charge in [0.15, 0.2) is 12.0 Å². The number of aldehydes is 1. The van der Waals surface area contributed by atoms with Crippen molar-refractivity contribution < 1.29 is 24.0 Å². The predicted octanol–water partition coefficient (Wildman–Crippen LogP) is -0.185. The second-order valence-corrected chi connectivity index (χ2v) is 4.34. The van der Waals surface area contributed by atoms with Gasteiger partial charge in [-0.1, -0.05) is 13.8 Å². The van der Waals surface area contributed by atoms with Gasteiger partial charge in [-0.25, -0.2) is 0 Å². The normalized spacial score (nSPS) is 11.5. The molecule has 0 aliphatic heterocycles. The van der Waals surface area contributed by atoms with E-state index in [1.807, 2.05) is 0 Å². The first-order valence-corrected chi connectivity index (χ1v) is 4.94. The third-order valence-electron chi connectivity index (χ3n) is 2.07. The summed E-state index contributed by atoms with van der Waals surface area (Å²) in [5, 5.41) is 18.6. The summed E-state index contributed by atoms with van der Waals surface area (Å²) in [5.41, 5.74) is -0.253. The third kappa shape index (κ3) is 3.48. The molecule has 5 nitrogen and oxygen atoms in total. The molecule has 0 saturated carbocycles. The summed E-state index contributed by atoms with van der Waals surface area (Å²) in [4.78, 5) is 10.4. The molecule has 0 aromatic carbocycles. The molecular formula is C10H15BO5. The second-order valence-electron chi connectivity index (χ2n) is 4.34. The maximum Gasteiger partial charge on any atom is 0.529 e. The van der Waals surface area contributed by atoms with Crippen molar-refractivity contribution in [3.05, 3.63) is 17.9 Å². The highest BCUT2D eigenvalue weighted by atomic mass is 16.5. The second kappa shape index (κ2) is 5.29. The highest BCUT2D eigenvalue weighted by molar-refractivity contribution is 6.58. The summed E-state index contributed by atoms with van der Waals surface area (Å²) in [6.07, 6.45) is 0.549. The number of carbonyl (C=O) groups is 1. The maximum atomic E-state index is 10.4. The van der Waals surface area contributed by atoms with Gasteiger partial charge in [-0.15, -0.1) is 0 Å². The van der Waals surface area contributed by atoms with E-state index in [9.17, 15) is 9.82 Å². The Morgan fingerprint density at radius 1 is 1.56 bits per heavy atom. The van der Waals surface area contributed by atoms with Crippen molar-refractivity contribution in [3.8, 4) is 0 Å². The summed E-state index contributed by atoms with van der Waals surface area (Å²) in [6.45, 7) is 3.75. The Labute approximate surface area is 94.2 Å². The summed E-state index contributed by atoms with van der Waals surface area (Å²) in [7, 11) is -1.22. The minimum absolute atomic E-state index is 0.0442. The molecule has 88 valence electrons. The highest BCUT2D eigenvalue weighted by Gasteiger charge is 2.25. The van der Waals surface area contributed by atoms with Crippen LogP contribution in [-0.2, 0) is 4.65 Å². The molecule has 0 aliphatic rings. The summed E-state index contributed by atoms with van der Waals surface area (Å²) >= 11 is 0. The van der Waals surface area contributed by atoms with Crippen molar-refractivity contribution >= 4 is 19.1 Å². The van der Waals surface area contributed by atoms with Gasteiger partial charge in [0.1, 0.15) is 5.66 Å². The number of hydrogen-bond donors (Lipinski definition) is 2. The lowest BCUT2D eigenvalue weighted by Crippen LogP contribution is -2.37. The van der Waals surface area contributed by atoms with Crippen LogP contribution >= 0.6 is 0 Å². The average Bonchev–Trinajstić information content (AvgIpc) is 2.74. The third-order valence-corrected chi connectivity index (χ3v) is 2.07. The Kier molecular flexibility index (Phi) is 4.29. The van der Waals surface area contributed by atoms with E-state index in [4.69, 9.17) is 14.2 Å². The Morgan fingerprint density at radius 2 is 2.25 bits per heavy atom. The molecule has 0 unspecified atom stereocenters. The zero-order valence-electron chi connectivity index (χ0n) is 9.34. The van der Waals surface area contributed by atoms with Gasteiger partial charge >= 0.3 is 7.12 Å². The van der Waals surface area contributed by atoms with E-state index in [1.54, 1.807) is 13.8 Å². The monoisotopic (exact) mass is 226 g/mol. The van der Waals surface area contributed by atoms with Crippen LogP contribution in [0.2, 0.25) is 0 Å². The number of carbonyl (C=O) groups excluding carboxylic acids is 1. The Hall–Kier alpha value is -1.11. The number of rotatable bonds is 6. The Bertz CT molecular complexity index is 347. The first-order chi connectivity index (χ1) is 7.48. The van der Waals surface area contributed by atoms with Crippen LogP contribution in [-0.4, -0.2) is 36.7 Å². The fourth-order valence-electron chi connectivity index (χ4n) is 0.997. The van der Waals surface area contributed by atoms with Crippen molar-refractivity contribution in [1.29, 1.82) is 0 Å². The maximum absolute atomic E-state index is 10.4. The van der Waals surface area contributed by atoms with Crippen LogP contribution in [0, 0.1) is 5.41 Å². The van der Waals surface area contributed by atoms with Crippen molar-refractivity contribution in [3.63, 3.8) is 0 Å². The van der Waals surface area contributed by atoms with Crippen molar-refractivity contribution in [2.75, 3.05) is 13.2 Å². The lowest BCUT2D eigenvalue weighted by Gasteiger charge is -2.21. The molecule has 1 aromatic rings. The number of aliphatic hydroxyl groups excluding tert-OH is 1. The molecule has 0 radical (unpaired) electrons. The van der Waals surface area contributed by atoms with Gasteiger partial charge in [0.2, 0.25) is 0 Å². The highest BCUT2D eigenvalue weighted by Crippen LogP contribution is 2.13. The van der Waals surface area contributed by atoms with E-state index < -0.39 is 12.5 Å². The van der Waals surface area contributed by atoms with E-state index in [0.29, 0.717) is 6.29 Å². The van der Waals surface area contributed by atoms with E-state index in [-0.39, 0.29) is 24.6 Å². The molecule has 16 heavy (non-hydrogen) atoms. The van der Waals surface area contributed by atoms with E-state index >= 15 is 0 Å². The molecule has 0 amide bonds. The number of aliphatic hydroxyl groups is 1. The predicted molar refractivity (Wildman–Crippen MR) is 58.5 cm³/mol. The van der Waals surface area contributed by atoms with Crippen LogP contribution in [0.15, 0.2) is 16.5 Å². The molecule has 0 aliphatic carbocycles. The first kappa shape index (κ1) is 13.0. The van der Waals surface area contributed by atoms with Gasteiger partial charge in [-0.2, -0.15) is 0 Å². The largest absolute Gasteiger partial charge is 0.529 e. The van der Waals surface area contributed by atoms with E-state index in [1.165, 1.54) is 12.1 Å². The lowest BCUT2D eigenvalue weighted by atomic mass is 9.85. The topological polar surface area (TPSA) is 79.9 Å². The molecule has 0 atom stereocenters. The van der Waals surface area contributed by atoms with Crippen LogP contribution in [0.1, 0.15) is 24.4 Å². The molecule has 1 heterocycles. The minimum atomic E-state index is -1.22. The van der Waals surface area contributed by atoms with E-state index in [0.717, 1.165) is 0 Å². The molecule has 1 aromatic heterocycles. The van der Waals surface area contributed by atoms with Crippen LogP contribution in [0.25, 0.3) is 0 Å². The molecule has 0 saturated heterocycles. The first-order valence-electron chi connectivity index (χ1n) is 4.94. The van der Waals surface area contributed by atoms with Gasteiger partial charge in [-0.05, 0) is 12.1 Å². The molecule has 0 fully saturated rings. The average molecular weight is 226 g/mol. The number of hydrogen-bond acceptors (Lipinski definition) is 5. The fraction of sp³-hybridized carbons (Fsp3) is 0.500. The minimum Gasteiger partial charge on any atom is -0.462 e. The Morgan fingerprint density at radius 3 is 2.75 bits per heavy atom. The standard InChI is InChI=1S/C10H15BO5/c1-10(2,6-13)7-15-11(14)9-4-3-8(5-12)16-9/h3-5,13-14H,6-7H2,1-2H3. The molecular weight excluding hydrogens is 211 g/mol. The van der Waals surface area contributed by atoms with Gasteiger partial charge in [0, 0.05) is 12.0 Å². The van der Waals surface area contributed by atoms with Crippen LogP contribution < -0.4 is 5.66 Å². The van der Waals surface area contributed by atoms with Gasteiger partial charge in [-0.3, -0.25) is 4.79 Å². The van der Waals surface area contributed by atoms with Gasteiger partial charge < -0.3 is 19.2 Å². The quantitative estimate of drug-likeness (QED) is 0.519. The summed E-state index contributed by atoms with van der Waals surface area (Å²) in [6, 6.07) is 2.92. The van der Waals surface area contributed by atoms with Gasteiger partial charge in [0.05, 0.1) is 6.61 Å². The molecule has 0 spiro atoms. The molecule has 1 rings (SSSR count). The van der Waals surface area contributed by atoms with Crippen LogP contribution in [0.5, 0.6) is 0 Å². The molecule has 0 bridgehead atoms. The Balaban J connectivity index is 2.52. The summed E-state index contributed by atoms with van der Waals surface area (Å²) in [5.74, 6) is 0.138.